The van der Waals surface area contributed by atoms with Gasteiger partial charge >= 0.3 is 0 Å². The fourth-order valence-corrected chi connectivity index (χ4v) is 3.11. The second kappa shape index (κ2) is 4.50. The Bertz CT molecular complexity index is 591. The minimum atomic E-state index is -0.218. The van der Waals surface area contributed by atoms with Gasteiger partial charge in [0.25, 0.3) is 0 Å². The minimum absolute atomic E-state index is 0.218. The number of fused-ring (bicyclic) bond motifs is 1. The zero-order chi connectivity index (χ0) is 12.7. The van der Waals surface area contributed by atoms with E-state index >= 15 is 0 Å². The predicted molar refractivity (Wildman–Crippen MR) is 72.8 cm³/mol. The molecule has 1 aliphatic heterocycles. The van der Waals surface area contributed by atoms with E-state index in [1.54, 1.807) is 12.1 Å². The lowest BCUT2D eigenvalue weighted by molar-refractivity contribution is 0.401. The van der Waals surface area contributed by atoms with Gasteiger partial charge in [-0.25, -0.2) is 9.37 Å². The van der Waals surface area contributed by atoms with Crippen LogP contribution in [0.5, 0.6) is 0 Å². The van der Waals surface area contributed by atoms with Crippen LogP contribution in [0.3, 0.4) is 0 Å². The summed E-state index contributed by atoms with van der Waals surface area (Å²) >= 11 is 3.51. The lowest BCUT2D eigenvalue weighted by Crippen LogP contribution is -2.18. The van der Waals surface area contributed by atoms with Crippen LogP contribution in [0.1, 0.15) is 19.0 Å². The van der Waals surface area contributed by atoms with E-state index in [1.165, 1.54) is 18.2 Å². The van der Waals surface area contributed by atoms with Crippen molar-refractivity contribution in [2.24, 2.45) is 5.92 Å². The van der Waals surface area contributed by atoms with E-state index in [1.807, 2.05) is 6.07 Å². The largest absolute Gasteiger partial charge is 0.327 e. The first-order valence-electron chi connectivity index (χ1n) is 6.16. The molecule has 0 radical (unpaired) electrons. The third kappa shape index (κ3) is 1.99. The summed E-state index contributed by atoms with van der Waals surface area (Å²) in [5.74, 6) is 1.29. The highest BCUT2D eigenvalue weighted by Gasteiger charge is 2.22. The average Bonchev–Trinajstić information content (AvgIpc) is 2.66. The number of nitrogens with zero attached hydrogens (tertiary/aromatic N) is 2. The Morgan fingerprint density at radius 2 is 2.28 bits per heavy atom. The Morgan fingerprint density at radius 1 is 1.44 bits per heavy atom. The van der Waals surface area contributed by atoms with Crippen LogP contribution in [-0.4, -0.2) is 9.55 Å². The fourth-order valence-electron chi connectivity index (χ4n) is 2.53. The SMILES string of the molecule is CC1CCc2c(Br)nc(-c3cccc(F)c3)n2C1. The maximum Gasteiger partial charge on any atom is 0.141 e. The number of hydrogen-bond donors (Lipinski definition) is 0. The summed E-state index contributed by atoms with van der Waals surface area (Å²) < 4.78 is 16.4. The van der Waals surface area contributed by atoms with Gasteiger partial charge < -0.3 is 4.57 Å². The molecule has 1 atom stereocenters. The van der Waals surface area contributed by atoms with Crippen LogP contribution in [0.25, 0.3) is 11.4 Å². The van der Waals surface area contributed by atoms with Gasteiger partial charge in [0.05, 0.1) is 5.69 Å². The summed E-state index contributed by atoms with van der Waals surface area (Å²) in [6.45, 7) is 3.20. The fraction of sp³-hybridized carbons (Fsp3) is 0.357. The quantitative estimate of drug-likeness (QED) is 0.777. The molecule has 0 fully saturated rings. The Kier molecular flexibility index (Phi) is 2.98. The van der Waals surface area contributed by atoms with Crippen LogP contribution in [0, 0.1) is 11.7 Å². The number of benzene rings is 1. The Hall–Kier alpha value is -1.16. The summed E-state index contributed by atoms with van der Waals surface area (Å²) in [5.41, 5.74) is 2.07. The molecule has 0 saturated carbocycles. The summed E-state index contributed by atoms with van der Waals surface area (Å²) in [6.07, 6.45) is 2.22. The normalized spacial score (nSPS) is 18.7. The average molecular weight is 309 g/mol. The van der Waals surface area contributed by atoms with Gasteiger partial charge in [-0.15, -0.1) is 0 Å². The molecule has 1 aliphatic rings. The summed E-state index contributed by atoms with van der Waals surface area (Å²) in [7, 11) is 0. The van der Waals surface area contributed by atoms with Crippen molar-refractivity contribution in [3.8, 4) is 11.4 Å². The maximum absolute atomic E-state index is 13.3. The van der Waals surface area contributed by atoms with Crippen LogP contribution in [0.4, 0.5) is 4.39 Å². The van der Waals surface area contributed by atoms with Crippen molar-refractivity contribution >= 4 is 15.9 Å². The smallest absolute Gasteiger partial charge is 0.141 e. The van der Waals surface area contributed by atoms with Gasteiger partial charge in [0, 0.05) is 12.1 Å². The molecule has 2 nitrogen and oxygen atoms in total. The van der Waals surface area contributed by atoms with Crippen LogP contribution in [0.2, 0.25) is 0 Å². The van der Waals surface area contributed by atoms with Gasteiger partial charge in [0.2, 0.25) is 0 Å². The summed E-state index contributed by atoms with van der Waals surface area (Å²) in [4.78, 5) is 4.55. The second-order valence-corrected chi connectivity index (χ2v) is 5.69. The molecule has 0 spiro atoms. The number of halogens is 2. The molecular weight excluding hydrogens is 295 g/mol. The van der Waals surface area contributed by atoms with E-state index in [2.05, 4.69) is 32.4 Å². The lowest BCUT2D eigenvalue weighted by atomic mass is 10.00. The molecule has 0 aliphatic carbocycles. The third-order valence-corrected chi connectivity index (χ3v) is 4.11. The number of aromatic nitrogens is 2. The van der Waals surface area contributed by atoms with Gasteiger partial charge in [0.15, 0.2) is 0 Å². The molecule has 4 heteroatoms. The minimum Gasteiger partial charge on any atom is -0.327 e. The molecule has 2 heterocycles. The molecular formula is C14H14BrFN2. The third-order valence-electron chi connectivity index (χ3n) is 3.47. The van der Waals surface area contributed by atoms with Crippen molar-refractivity contribution < 1.29 is 4.39 Å². The summed E-state index contributed by atoms with van der Waals surface area (Å²) in [5, 5.41) is 0. The Labute approximate surface area is 114 Å². The molecule has 0 N–H and O–H groups in total. The molecule has 0 bridgehead atoms. The second-order valence-electron chi connectivity index (χ2n) is 4.94. The van der Waals surface area contributed by atoms with E-state index in [-0.39, 0.29) is 5.82 Å². The molecule has 2 aromatic rings. The van der Waals surface area contributed by atoms with Crippen LogP contribution in [-0.2, 0) is 13.0 Å². The van der Waals surface area contributed by atoms with E-state index in [9.17, 15) is 4.39 Å². The molecule has 1 aromatic carbocycles. The Balaban J connectivity index is 2.13. The highest BCUT2D eigenvalue weighted by Crippen LogP contribution is 2.32. The molecule has 1 unspecified atom stereocenters. The number of hydrogen-bond acceptors (Lipinski definition) is 1. The molecule has 18 heavy (non-hydrogen) atoms. The van der Waals surface area contributed by atoms with Gasteiger partial charge in [-0.3, -0.25) is 0 Å². The van der Waals surface area contributed by atoms with E-state index < -0.39 is 0 Å². The topological polar surface area (TPSA) is 17.8 Å². The van der Waals surface area contributed by atoms with Crippen molar-refractivity contribution in [1.29, 1.82) is 0 Å². The first-order chi connectivity index (χ1) is 8.65. The van der Waals surface area contributed by atoms with Crippen molar-refractivity contribution in [2.45, 2.75) is 26.3 Å². The van der Waals surface area contributed by atoms with Crippen molar-refractivity contribution in [1.82, 2.24) is 9.55 Å². The zero-order valence-electron chi connectivity index (χ0n) is 10.2. The van der Waals surface area contributed by atoms with Crippen molar-refractivity contribution in [3.63, 3.8) is 0 Å². The van der Waals surface area contributed by atoms with Gasteiger partial charge in [-0.05, 0) is 46.8 Å². The van der Waals surface area contributed by atoms with Gasteiger partial charge in [-0.1, -0.05) is 19.1 Å². The monoisotopic (exact) mass is 308 g/mol. The molecule has 3 rings (SSSR count). The van der Waals surface area contributed by atoms with Crippen LogP contribution >= 0.6 is 15.9 Å². The number of imidazole rings is 1. The van der Waals surface area contributed by atoms with E-state index in [0.29, 0.717) is 5.92 Å². The van der Waals surface area contributed by atoms with Gasteiger partial charge in [0.1, 0.15) is 16.2 Å². The zero-order valence-corrected chi connectivity index (χ0v) is 11.7. The molecule has 0 amide bonds. The predicted octanol–water partition coefficient (Wildman–Crippen LogP) is 4.03. The maximum atomic E-state index is 13.3. The van der Waals surface area contributed by atoms with Crippen LogP contribution in [0.15, 0.2) is 28.9 Å². The number of rotatable bonds is 1. The van der Waals surface area contributed by atoms with E-state index in [4.69, 9.17) is 0 Å². The van der Waals surface area contributed by atoms with E-state index in [0.717, 1.165) is 29.0 Å². The van der Waals surface area contributed by atoms with Crippen molar-refractivity contribution in [3.05, 3.63) is 40.4 Å². The highest BCUT2D eigenvalue weighted by molar-refractivity contribution is 9.10. The first kappa shape index (κ1) is 11.9. The molecule has 1 aromatic heterocycles. The Morgan fingerprint density at radius 3 is 3.06 bits per heavy atom. The molecule has 0 saturated heterocycles. The summed E-state index contributed by atoms with van der Waals surface area (Å²) in [6, 6.07) is 6.64. The van der Waals surface area contributed by atoms with Gasteiger partial charge in [-0.2, -0.15) is 0 Å². The molecule has 94 valence electrons. The lowest BCUT2D eigenvalue weighted by Gasteiger charge is -2.22. The standard InChI is InChI=1S/C14H14BrFN2/c1-9-5-6-12-13(15)17-14(18(12)8-9)10-3-2-4-11(16)7-10/h2-4,7,9H,5-6,8H2,1H3. The highest BCUT2D eigenvalue weighted by atomic mass is 79.9. The first-order valence-corrected chi connectivity index (χ1v) is 6.95. The van der Waals surface area contributed by atoms with Crippen molar-refractivity contribution in [2.75, 3.05) is 0 Å². The van der Waals surface area contributed by atoms with Crippen LogP contribution < -0.4 is 0 Å².